The van der Waals surface area contributed by atoms with Gasteiger partial charge in [0.15, 0.2) is 4.60 Å². The Hall–Kier alpha value is -1.08. The van der Waals surface area contributed by atoms with Crippen LogP contribution < -0.4 is 0 Å². The Morgan fingerprint density at radius 1 is 1.41 bits per heavy atom. The molecule has 4 nitrogen and oxygen atoms in total. The summed E-state index contributed by atoms with van der Waals surface area (Å²) in [7, 11) is 1.61. The molecule has 1 aromatic carbocycles. The molecule has 17 heavy (non-hydrogen) atoms. The number of carbonyl (C=O) groups is 1. The van der Waals surface area contributed by atoms with Gasteiger partial charge in [-0.05, 0) is 50.1 Å². The molecule has 7 heteroatoms. The predicted molar refractivity (Wildman–Crippen MR) is 66.2 cm³/mol. The van der Waals surface area contributed by atoms with Gasteiger partial charge >= 0.3 is 0 Å². The summed E-state index contributed by atoms with van der Waals surface area (Å²) >= 11 is 6.18. The Balaban J connectivity index is 2.48. The summed E-state index contributed by atoms with van der Waals surface area (Å²) in [6.45, 7) is 0. The molecule has 0 saturated heterocycles. The van der Waals surface area contributed by atoms with E-state index >= 15 is 0 Å². The first-order valence-electron chi connectivity index (χ1n) is 4.55. The zero-order valence-corrected chi connectivity index (χ0v) is 11.8. The summed E-state index contributed by atoms with van der Waals surface area (Å²) in [6, 6.07) is 4.08. The molecule has 0 bridgehead atoms. The van der Waals surface area contributed by atoms with E-state index < -0.39 is 5.82 Å². The van der Waals surface area contributed by atoms with Crippen LogP contribution in [-0.2, 0) is 7.05 Å². The number of ketones is 1. The van der Waals surface area contributed by atoms with E-state index in [0.29, 0.717) is 15.9 Å². The SMILES string of the molecule is Cn1nnc(Br)c1C(=O)c1ccc(F)c(Br)c1. The molecule has 0 unspecified atom stereocenters. The van der Waals surface area contributed by atoms with Gasteiger partial charge in [0.05, 0.1) is 4.47 Å². The number of hydrogen-bond acceptors (Lipinski definition) is 3. The first-order valence-corrected chi connectivity index (χ1v) is 6.14. The standard InChI is InChI=1S/C10H6Br2FN3O/c1-16-8(10(12)14-15-16)9(17)5-2-3-7(13)6(11)4-5/h2-4H,1H3. The Morgan fingerprint density at radius 3 is 2.65 bits per heavy atom. The summed E-state index contributed by atoms with van der Waals surface area (Å²) in [5.41, 5.74) is 0.688. The summed E-state index contributed by atoms with van der Waals surface area (Å²) in [4.78, 5) is 12.1. The fraction of sp³-hybridized carbons (Fsp3) is 0.100. The lowest BCUT2D eigenvalue weighted by molar-refractivity contribution is 0.102. The quantitative estimate of drug-likeness (QED) is 0.772. The van der Waals surface area contributed by atoms with Crippen molar-refractivity contribution in [3.8, 4) is 0 Å². The molecular weight excluding hydrogens is 357 g/mol. The molecule has 0 aliphatic carbocycles. The Bertz CT molecular complexity index is 578. The molecule has 0 atom stereocenters. The first kappa shape index (κ1) is 12.4. The van der Waals surface area contributed by atoms with Crippen molar-refractivity contribution in [3.63, 3.8) is 0 Å². The van der Waals surface area contributed by atoms with Crippen LogP contribution in [0.15, 0.2) is 27.3 Å². The molecule has 0 amide bonds. The van der Waals surface area contributed by atoms with E-state index in [0.717, 1.165) is 0 Å². The maximum absolute atomic E-state index is 13.1. The summed E-state index contributed by atoms with van der Waals surface area (Å²) in [6.07, 6.45) is 0. The molecule has 0 fully saturated rings. The minimum Gasteiger partial charge on any atom is -0.287 e. The second-order valence-corrected chi connectivity index (χ2v) is 4.92. The zero-order chi connectivity index (χ0) is 12.6. The van der Waals surface area contributed by atoms with Crippen molar-refractivity contribution < 1.29 is 9.18 Å². The lowest BCUT2D eigenvalue weighted by atomic mass is 10.1. The largest absolute Gasteiger partial charge is 0.287 e. The van der Waals surface area contributed by atoms with Crippen LogP contribution in [-0.4, -0.2) is 20.8 Å². The van der Waals surface area contributed by atoms with Gasteiger partial charge in [0, 0.05) is 12.6 Å². The average molecular weight is 363 g/mol. The molecule has 88 valence electrons. The fourth-order valence-electron chi connectivity index (χ4n) is 1.35. The maximum Gasteiger partial charge on any atom is 0.213 e. The van der Waals surface area contributed by atoms with Crippen LogP contribution in [0.2, 0.25) is 0 Å². The molecule has 0 saturated carbocycles. The normalized spacial score (nSPS) is 10.6. The van der Waals surface area contributed by atoms with Crippen LogP contribution in [0.4, 0.5) is 4.39 Å². The molecule has 0 spiro atoms. The van der Waals surface area contributed by atoms with Crippen LogP contribution in [0.3, 0.4) is 0 Å². The summed E-state index contributed by atoms with van der Waals surface area (Å²) in [5.74, 6) is -0.686. The lowest BCUT2D eigenvalue weighted by Gasteiger charge is -2.02. The molecule has 1 heterocycles. The van der Waals surface area contributed by atoms with E-state index in [1.165, 1.54) is 22.9 Å². The van der Waals surface area contributed by atoms with E-state index in [1.54, 1.807) is 7.05 Å². The number of aryl methyl sites for hydroxylation is 1. The van der Waals surface area contributed by atoms with Crippen molar-refractivity contribution in [2.45, 2.75) is 0 Å². The smallest absolute Gasteiger partial charge is 0.213 e. The molecule has 0 radical (unpaired) electrons. The number of nitrogens with zero attached hydrogens (tertiary/aromatic N) is 3. The van der Waals surface area contributed by atoms with Gasteiger partial charge in [0.1, 0.15) is 11.5 Å². The fourth-order valence-corrected chi connectivity index (χ4v) is 2.23. The van der Waals surface area contributed by atoms with Crippen molar-refractivity contribution in [1.29, 1.82) is 0 Å². The van der Waals surface area contributed by atoms with Gasteiger partial charge in [-0.2, -0.15) is 0 Å². The van der Waals surface area contributed by atoms with Gasteiger partial charge < -0.3 is 0 Å². The minimum atomic E-state index is -0.413. The highest BCUT2D eigenvalue weighted by molar-refractivity contribution is 9.10. The van der Waals surface area contributed by atoms with Gasteiger partial charge in [-0.3, -0.25) is 4.79 Å². The second kappa shape index (κ2) is 4.66. The van der Waals surface area contributed by atoms with Crippen molar-refractivity contribution in [3.05, 3.63) is 44.3 Å². The number of benzene rings is 1. The molecule has 0 N–H and O–H groups in total. The third kappa shape index (κ3) is 2.30. The molecule has 0 aliphatic heterocycles. The van der Waals surface area contributed by atoms with E-state index in [9.17, 15) is 9.18 Å². The van der Waals surface area contributed by atoms with Crippen molar-refractivity contribution in [2.24, 2.45) is 7.05 Å². The third-order valence-corrected chi connectivity index (χ3v) is 3.32. The highest BCUT2D eigenvalue weighted by Crippen LogP contribution is 2.21. The Labute approximate surface area is 113 Å². The number of halogens is 3. The monoisotopic (exact) mass is 361 g/mol. The van der Waals surface area contributed by atoms with E-state index in [-0.39, 0.29) is 10.3 Å². The van der Waals surface area contributed by atoms with E-state index in [4.69, 9.17) is 0 Å². The Morgan fingerprint density at radius 2 is 2.12 bits per heavy atom. The molecule has 2 rings (SSSR count). The van der Waals surface area contributed by atoms with Crippen LogP contribution in [0, 0.1) is 5.82 Å². The highest BCUT2D eigenvalue weighted by atomic mass is 79.9. The van der Waals surface area contributed by atoms with E-state index in [2.05, 4.69) is 42.2 Å². The van der Waals surface area contributed by atoms with Crippen molar-refractivity contribution in [2.75, 3.05) is 0 Å². The molecular formula is C10H6Br2FN3O. The summed E-state index contributed by atoms with van der Waals surface area (Å²) < 4.78 is 15.0. The van der Waals surface area contributed by atoms with E-state index in [1.807, 2.05) is 0 Å². The van der Waals surface area contributed by atoms with Crippen molar-refractivity contribution in [1.82, 2.24) is 15.0 Å². The van der Waals surface area contributed by atoms with Gasteiger partial charge in [-0.25, -0.2) is 9.07 Å². The van der Waals surface area contributed by atoms with Crippen LogP contribution in [0.25, 0.3) is 0 Å². The maximum atomic E-state index is 13.1. The van der Waals surface area contributed by atoms with Crippen LogP contribution >= 0.6 is 31.9 Å². The van der Waals surface area contributed by atoms with Crippen LogP contribution in [0.1, 0.15) is 16.1 Å². The number of carbonyl (C=O) groups excluding carboxylic acids is 1. The number of aromatic nitrogens is 3. The van der Waals surface area contributed by atoms with Gasteiger partial charge in [-0.1, -0.05) is 5.21 Å². The minimum absolute atomic E-state index is 0.245. The average Bonchev–Trinajstić information content (AvgIpc) is 2.62. The summed E-state index contributed by atoms with van der Waals surface area (Å²) in [5, 5.41) is 7.44. The molecule has 2 aromatic rings. The lowest BCUT2D eigenvalue weighted by Crippen LogP contribution is -2.09. The van der Waals surface area contributed by atoms with Gasteiger partial charge in [-0.15, -0.1) is 5.10 Å². The number of rotatable bonds is 2. The van der Waals surface area contributed by atoms with Crippen molar-refractivity contribution >= 4 is 37.6 Å². The predicted octanol–water partition coefficient (Wildman–Crippen LogP) is 2.71. The van der Waals surface area contributed by atoms with Gasteiger partial charge in [0.25, 0.3) is 0 Å². The zero-order valence-electron chi connectivity index (χ0n) is 8.62. The molecule has 0 aliphatic rings. The third-order valence-electron chi connectivity index (χ3n) is 2.18. The highest BCUT2D eigenvalue weighted by Gasteiger charge is 2.19. The van der Waals surface area contributed by atoms with Gasteiger partial charge in [0.2, 0.25) is 5.78 Å². The first-order chi connectivity index (χ1) is 8.00. The Kier molecular flexibility index (Phi) is 3.39. The number of hydrogen-bond donors (Lipinski definition) is 0. The van der Waals surface area contributed by atoms with Crippen LogP contribution in [0.5, 0.6) is 0 Å². The molecule has 1 aromatic heterocycles. The second-order valence-electron chi connectivity index (χ2n) is 3.31. The topological polar surface area (TPSA) is 47.8 Å².